The van der Waals surface area contributed by atoms with Crippen molar-refractivity contribution in [3.63, 3.8) is 0 Å². The van der Waals surface area contributed by atoms with Gasteiger partial charge in [0.25, 0.3) is 5.56 Å². The third-order valence-corrected chi connectivity index (χ3v) is 6.36. The minimum Gasteiger partial charge on any atom is -0.324 e. The minimum atomic E-state index is -3.87. The SMILES string of the molecule is Cc1cc(F)ccc1NC(=O)Cn1cccc(S(=O)(=O)N2CCCC2)c1=O. The molecule has 1 N–H and O–H groups in total. The van der Waals surface area contributed by atoms with E-state index in [2.05, 4.69) is 5.32 Å². The van der Waals surface area contributed by atoms with Crippen LogP contribution in [0.25, 0.3) is 0 Å². The molecular formula is C18H20FN3O4S. The number of nitrogens with zero attached hydrogens (tertiary/aromatic N) is 2. The van der Waals surface area contributed by atoms with Crippen molar-refractivity contribution in [2.75, 3.05) is 18.4 Å². The Morgan fingerprint density at radius 2 is 1.93 bits per heavy atom. The Bertz CT molecular complexity index is 1030. The quantitative estimate of drug-likeness (QED) is 0.838. The van der Waals surface area contributed by atoms with Gasteiger partial charge in [-0.2, -0.15) is 4.31 Å². The maximum Gasteiger partial charge on any atom is 0.271 e. The lowest BCUT2D eigenvalue weighted by molar-refractivity contribution is -0.116. The number of carbonyl (C=O) groups is 1. The van der Waals surface area contributed by atoms with Crippen LogP contribution < -0.4 is 10.9 Å². The molecule has 0 saturated carbocycles. The number of aryl methyl sites for hydroxylation is 1. The summed E-state index contributed by atoms with van der Waals surface area (Å²) in [5.41, 5.74) is 0.228. The summed E-state index contributed by atoms with van der Waals surface area (Å²) in [6, 6.07) is 6.62. The molecule has 1 aromatic heterocycles. The average molecular weight is 393 g/mol. The Morgan fingerprint density at radius 3 is 2.59 bits per heavy atom. The fourth-order valence-corrected chi connectivity index (χ4v) is 4.62. The zero-order valence-electron chi connectivity index (χ0n) is 14.8. The number of carbonyl (C=O) groups excluding carboxylic acids is 1. The van der Waals surface area contributed by atoms with Gasteiger partial charge >= 0.3 is 0 Å². The minimum absolute atomic E-state index is 0.335. The first-order valence-corrected chi connectivity index (χ1v) is 9.98. The van der Waals surface area contributed by atoms with Crippen LogP contribution in [0.3, 0.4) is 0 Å². The summed E-state index contributed by atoms with van der Waals surface area (Å²) < 4.78 is 40.8. The highest BCUT2D eigenvalue weighted by Crippen LogP contribution is 2.18. The van der Waals surface area contributed by atoms with Gasteiger partial charge in [0.2, 0.25) is 15.9 Å². The predicted molar refractivity (Wildman–Crippen MR) is 98.5 cm³/mol. The van der Waals surface area contributed by atoms with Gasteiger partial charge in [-0.25, -0.2) is 12.8 Å². The van der Waals surface area contributed by atoms with Crippen molar-refractivity contribution in [2.45, 2.75) is 31.2 Å². The maximum absolute atomic E-state index is 13.1. The molecule has 1 saturated heterocycles. The van der Waals surface area contributed by atoms with E-state index < -0.39 is 27.3 Å². The first-order chi connectivity index (χ1) is 12.8. The van der Waals surface area contributed by atoms with E-state index in [1.165, 1.54) is 40.8 Å². The van der Waals surface area contributed by atoms with E-state index in [1.807, 2.05) is 0 Å². The van der Waals surface area contributed by atoms with E-state index in [9.17, 15) is 22.4 Å². The van der Waals surface area contributed by atoms with E-state index in [0.29, 0.717) is 24.3 Å². The highest BCUT2D eigenvalue weighted by Gasteiger charge is 2.30. The number of halogens is 1. The van der Waals surface area contributed by atoms with Crippen LogP contribution in [0.5, 0.6) is 0 Å². The Kier molecular flexibility index (Phi) is 5.43. The molecular weight excluding hydrogens is 373 g/mol. The van der Waals surface area contributed by atoms with Crippen molar-refractivity contribution in [3.8, 4) is 0 Å². The number of aromatic nitrogens is 1. The normalized spacial score (nSPS) is 15.0. The first-order valence-electron chi connectivity index (χ1n) is 8.54. The molecule has 144 valence electrons. The van der Waals surface area contributed by atoms with Gasteiger partial charge < -0.3 is 9.88 Å². The van der Waals surface area contributed by atoms with Crippen LogP contribution in [0, 0.1) is 12.7 Å². The van der Waals surface area contributed by atoms with Crippen molar-refractivity contribution in [1.29, 1.82) is 0 Å². The standard InChI is InChI=1S/C18H20FN3O4S/c1-13-11-14(19)6-7-15(13)20-17(23)12-21-8-4-5-16(18(21)24)27(25,26)22-9-2-3-10-22/h4-8,11H,2-3,9-10,12H2,1H3,(H,20,23). The molecule has 1 aromatic carbocycles. The molecule has 2 aromatic rings. The molecule has 1 aliphatic rings. The number of hydrogen-bond acceptors (Lipinski definition) is 4. The Balaban J connectivity index is 1.81. The maximum atomic E-state index is 13.1. The highest BCUT2D eigenvalue weighted by atomic mass is 32.2. The van der Waals surface area contributed by atoms with Crippen LogP contribution >= 0.6 is 0 Å². The van der Waals surface area contributed by atoms with Crippen molar-refractivity contribution >= 4 is 21.6 Å². The lowest BCUT2D eigenvalue weighted by atomic mass is 10.2. The van der Waals surface area contributed by atoms with Crippen LogP contribution in [0.1, 0.15) is 18.4 Å². The fraction of sp³-hybridized carbons (Fsp3) is 0.333. The van der Waals surface area contributed by atoms with Gasteiger partial charge in [0.05, 0.1) is 0 Å². The second-order valence-corrected chi connectivity index (χ2v) is 8.33. The molecule has 1 aliphatic heterocycles. The molecule has 0 aliphatic carbocycles. The van der Waals surface area contributed by atoms with E-state index in [1.54, 1.807) is 6.92 Å². The number of amides is 1. The number of hydrogen-bond donors (Lipinski definition) is 1. The summed E-state index contributed by atoms with van der Waals surface area (Å²) in [6.45, 7) is 2.08. The fourth-order valence-electron chi connectivity index (χ4n) is 3.02. The molecule has 2 heterocycles. The molecule has 1 amide bonds. The zero-order valence-corrected chi connectivity index (χ0v) is 15.6. The summed E-state index contributed by atoms with van der Waals surface area (Å²) in [7, 11) is -3.87. The van der Waals surface area contributed by atoms with Gasteiger partial charge in [-0.15, -0.1) is 0 Å². The summed E-state index contributed by atoms with van der Waals surface area (Å²) in [4.78, 5) is 24.5. The molecule has 0 atom stereocenters. The lowest BCUT2D eigenvalue weighted by Gasteiger charge is -2.16. The van der Waals surface area contributed by atoms with Crippen LogP contribution in [0.2, 0.25) is 0 Å². The van der Waals surface area contributed by atoms with Crippen LogP contribution in [0.15, 0.2) is 46.2 Å². The van der Waals surface area contributed by atoms with Crippen molar-refractivity contribution in [1.82, 2.24) is 8.87 Å². The highest BCUT2D eigenvalue weighted by molar-refractivity contribution is 7.89. The van der Waals surface area contributed by atoms with Crippen molar-refractivity contribution in [3.05, 3.63) is 58.3 Å². The molecule has 0 bridgehead atoms. The van der Waals surface area contributed by atoms with Crippen LogP contribution in [0.4, 0.5) is 10.1 Å². The second-order valence-electron chi connectivity index (χ2n) is 6.42. The number of sulfonamides is 1. The van der Waals surface area contributed by atoms with Gasteiger partial charge in [-0.1, -0.05) is 0 Å². The molecule has 3 rings (SSSR count). The summed E-state index contributed by atoms with van der Waals surface area (Å²) in [5, 5.41) is 2.60. The molecule has 1 fully saturated rings. The third-order valence-electron chi connectivity index (χ3n) is 4.44. The topological polar surface area (TPSA) is 88.5 Å². The van der Waals surface area contributed by atoms with E-state index in [4.69, 9.17) is 0 Å². The number of nitrogens with one attached hydrogen (secondary N) is 1. The van der Waals surface area contributed by atoms with Crippen LogP contribution in [-0.2, 0) is 21.4 Å². The summed E-state index contributed by atoms with van der Waals surface area (Å²) in [6.07, 6.45) is 2.89. The summed E-state index contributed by atoms with van der Waals surface area (Å²) >= 11 is 0. The largest absolute Gasteiger partial charge is 0.324 e. The van der Waals surface area contributed by atoms with Crippen molar-refractivity contribution < 1.29 is 17.6 Å². The Labute approximate surface area is 156 Å². The third kappa shape index (κ3) is 4.09. The lowest BCUT2D eigenvalue weighted by Crippen LogP contribution is -2.36. The Hall–Kier alpha value is -2.52. The van der Waals surface area contributed by atoms with Gasteiger partial charge in [-0.05, 0) is 55.7 Å². The van der Waals surface area contributed by atoms with Crippen LogP contribution in [-0.4, -0.2) is 36.3 Å². The number of benzene rings is 1. The molecule has 9 heteroatoms. The molecule has 27 heavy (non-hydrogen) atoms. The Morgan fingerprint density at radius 1 is 1.22 bits per heavy atom. The average Bonchev–Trinajstić information content (AvgIpc) is 3.14. The van der Waals surface area contributed by atoms with E-state index >= 15 is 0 Å². The van der Waals surface area contributed by atoms with E-state index in [-0.39, 0.29) is 11.4 Å². The first kappa shape index (κ1) is 19.2. The molecule has 7 nitrogen and oxygen atoms in total. The molecule has 0 unspecified atom stereocenters. The smallest absolute Gasteiger partial charge is 0.271 e. The van der Waals surface area contributed by atoms with Gasteiger partial charge in [-0.3, -0.25) is 9.59 Å². The van der Waals surface area contributed by atoms with Gasteiger partial charge in [0.15, 0.2) is 0 Å². The number of rotatable bonds is 5. The van der Waals surface area contributed by atoms with Crippen molar-refractivity contribution in [2.24, 2.45) is 0 Å². The van der Waals surface area contributed by atoms with Gasteiger partial charge in [0.1, 0.15) is 17.3 Å². The molecule has 0 radical (unpaired) electrons. The number of pyridine rings is 1. The van der Waals surface area contributed by atoms with E-state index in [0.717, 1.165) is 17.4 Å². The molecule has 0 spiro atoms. The van der Waals surface area contributed by atoms with Gasteiger partial charge in [0, 0.05) is 25.0 Å². The predicted octanol–water partition coefficient (Wildman–Crippen LogP) is 1.72. The monoisotopic (exact) mass is 393 g/mol. The number of anilines is 1. The second kappa shape index (κ2) is 7.61. The zero-order chi connectivity index (χ0) is 19.6. The summed E-state index contributed by atoms with van der Waals surface area (Å²) in [5.74, 6) is -0.927.